The van der Waals surface area contributed by atoms with Gasteiger partial charge in [-0.1, -0.05) is 33.6 Å². The zero-order chi connectivity index (χ0) is 14.8. The van der Waals surface area contributed by atoms with Crippen molar-refractivity contribution in [1.82, 2.24) is 0 Å². The minimum atomic E-state index is -0.344. The van der Waals surface area contributed by atoms with Crippen LogP contribution in [0.15, 0.2) is 40.9 Å². The van der Waals surface area contributed by atoms with Gasteiger partial charge < -0.3 is 14.2 Å². The van der Waals surface area contributed by atoms with E-state index in [1.54, 1.807) is 12.1 Å². The normalized spacial score (nSPS) is 12.3. The summed E-state index contributed by atoms with van der Waals surface area (Å²) in [6, 6.07) is 10.9. The number of hydrogen-bond acceptors (Lipinski definition) is 4. The van der Waals surface area contributed by atoms with Crippen molar-refractivity contribution in [1.29, 1.82) is 0 Å². The second-order valence-electron chi connectivity index (χ2n) is 4.74. The Kier molecular flexibility index (Phi) is 3.84. The molecule has 0 atom stereocenters. The fraction of sp³-hybridized carbons (Fsp3) is 0.188. The van der Waals surface area contributed by atoms with Crippen LogP contribution in [0.1, 0.15) is 21.5 Å². The van der Waals surface area contributed by atoms with Crippen LogP contribution in [0.5, 0.6) is 11.5 Å². The van der Waals surface area contributed by atoms with Crippen molar-refractivity contribution in [2.45, 2.75) is 13.5 Å². The third-order valence-electron chi connectivity index (χ3n) is 3.15. The molecule has 0 radical (unpaired) electrons. The molecule has 2 aromatic carbocycles. The summed E-state index contributed by atoms with van der Waals surface area (Å²) in [6.45, 7) is 2.32. The molecule has 5 heteroatoms. The van der Waals surface area contributed by atoms with Gasteiger partial charge in [-0.05, 0) is 31.2 Å². The van der Waals surface area contributed by atoms with Crippen LogP contribution in [0.2, 0.25) is 0 Å². The Morgan fingerprint density at radius 2 is 2.00 bits per heavy atom. The van der Waals surface area contributed by atoms with Gasteiger partial charge in [-0.15, -0.1) is 0 Å². The van der Waals surface area contributed by atoms with Gasteiger partial charge in [0.1, 0.15) is 6.61 Å². The molecule has 4 nitrogen and oxygen atoms in total. The maximum absolute atomic E-state index is 12.0. The van der Waals surface area contributed by atoms with Crippen molar-refractivity contribution in [3.8, 4) is 11.5 Å². The van der Waals surface area contributed by atoms with Crippen LogP contribution in [-0.2, 0) is 11.3 Å². The number of hydrogen-bond donors (Lipinski definition) is 0. The molecule has 0 saturated heterocycles. The number of aryl methyl sites for hydroxylation is 1. The van der Waals surface area contributed by atoms with Gasteiger partial charge in [0.2, 0.25) is 6.79 Å². The van der Waals surface area contributed by atoms with Crippen LogP contribution in [0.25, 0.3) is 0 Å². The van der Waals surface area contributed by atoms with Crippen molar-refractivity contribution >= 4 is 21.9 Å². The highest BCUT2D eigenvalue weighted by molar-refractivity contribution is 9.10. The summed E-state index contributed by atoms with van der Waals surface area (Å²) in [5.74, 6) is 1.01. The van der Waals surface area contributed by atoms with E-state index in [-0.39, 0.29) is 19.4 Å². The number of ether oxygens (including phenoxy) is 3. The molecule has 0 N–H and O–H groups in total. The van der Waals surface area contributed by atoms with Crippen molar-refractivity contribution in [3.05, 3.63) is 57.6 Å². The average Bonchev–Trinajstić information content (AvgIpc) is 2.91. The van der Waals surface area contributed by atoms with Gasteiger partial charge >= 0.3 is 5.97 Å². The molecule has 0 saturated carbocycles. The zero-order valence-corrected chi connectivity index (χ0v) is 13.0. The monoisotopic (exact) mass is 348 g/mol. The van der Waals surface area contributed by atoms with Crippen LogP contribution in [0.4, 0.5) is 0 Å². The van der Waals surface area contributed by atoms with E-state index in [0.717, 1.165) is 15.6 Å². The smallest absolute Gasteiger partial charge is 0.338 e. The topological polar surface area (TPSA) is 44.8 Å². The van der Waals surface area contributed by atoms with E-state index in [0.29, 0.717) is 17.1 Å². The van der Waals surface area contributed by atoms with Gasteiger partial charge in [0.15, 0.2) is 11.5 Å². The molecule has 0 bridgehead atoms. The maximum Gasteiger partial charge on any atom is 0.338 e. The van der Waals surface area contributed by atoms with Crippen molar-refractivity contribution in [2.24, 2.45) is 0 Å². The third-order valence-corrected chi connectivity index (χ3v) is 3.89. The van der Waals surface area contributed by atoms with Crippen LogP contribution in [-0.4, -0.2) is 12.8 Å². The van der Waals surface area contributed by atoms with E-state index in [2.05, 4.69) is 15.9 Å². The SMILES string of the molecule is Cc1cccc(C(=O)OCc2cc3c(cc2Br)OCO3)c1. The molecular formula is C16H13BrO4. The lowest BCUT2D eigenvalue weighted by Gasteiger charge is -2.08. The number of halogens is 1. The van der Waals surface area contributed by atoms with Crippen LogP contribution >= 0.6 is 15.9 Å². The Labute approximate surface area is 130 Å². The van der Waals surface area contributed by atoms with Gasteiger partial charge in [0.25, 0.3) is 0 Å². The minimum Gasteiger partial charge on any atom is -0.457 e. The van der Waals surface area contributed by atoms with E-state index in [4.69, 9.17) is 14.2 Å². The Hall–Kier alpha value is -2.01. The lowest BCUT2D eigenvalue weighted by Crippen LogP contribution is -2.05. The summed E-state index contributed by atoms with van der Waals surface area (Å²) in [4.78, 5) is 12.0. The number of fused-ring (bicyclic) bond motifs is 1. The molecule has 3 rings (SSSR count). The van der Waals surface area contributed by atoms with Gasteiger partial charge in [0, 0.05) is 10.0 Å². The molecule has 1 heterocycles. The highest BCUT2D eigenvalue weighted by atomic mass is 79.9. The summed E-state index contributed by atoms with van der Waals surface area (Å²) < 4.78 is 16.8. The average molecular weight is 349 g/mol. The molecular weight excluding hydrogens is 336 g/mol. The van der Waals surface area contributed by atoms with E-state index in [1.807, 2.05) is 31.2 Å². The van der Waals surface area contributed by atoms with Crippen molar-refractivity contribution < 1.29 is 19.0 Å². The van der Waals surface area contributed by atoms with Crippen LogP contribution in [0.3, 0.4) is 0 Å². The lowest BCUT2D eigenvalue weighted by molar-refractivity contribution is 0.0471. The lowest BCUT2D eigenvalue weighted by atomic mass is 10.1. The quantitative estimate of drug-likeness (QED) is 0.790. The molecule has 1 aliphatic heterocycles. The second-order valence-corrected chi connectivity index (χ2v) is 5.60. The Morgan fingerprint density at radius 1 is 1.24 bits per heavy atom. The van der Waals surface area contributed by atoms with Gasteiger partial charge in [-0.2, -0.15) is 0 Å². The van der Waals surface area contributed by atoms with E-state index < -0.39 is 0 Å². The van der Waals surface area contributed by atoms with Gasteiger partial charge in [0.05, 0.1) is 5.56 Å². The molecule has 108 valence electrons. The predicted octanol–water partition coefficient (Wildman–Crippen LogP) is 3.84. The van der Waals surface area contributed by atoms with E-state index in [9.17, 15) is 4.79 Å². The fourth-order valence-corrected chi connectivity index (χ4v) is 2.51. The molecule has 1 aliphatic rings. The Balaban J connectivity index is 1.72. The van der Waals surface area contributed by atoms with Crippen molar-refractivity contribution in [3.63, 3.8) is 0 Å². The van der Waals surface area contributed by atoms with Gasteiger partial charge in [-0.3, -0.25) is 0 Å². The molecule has 0 spiro atoms. The Bertz CT molecular complexity index is 697. The number of carbonyl (C=O) groups excluding carboxylic acids is 1. The Morgan fingerprint density at radius 3 is 2.76 bits per heavy atom. The molecule has 0 aliphatic carbocycles. The highest BCUT2D eigenvalue weighted by Crippen LogP contribution is 2.37. The molecule has 0 unspecified atom stereocenters. The number of esters is 1. The van der Waals surface area contributed by atoms with E-state index in [1.165, 1.54) is 0 Å². The minimum absolute atomic E-state index is 0.171. The molecule has 0 fully saturated rings. The first-order chi connectivity index (χ1) is 10.1. The highest BCUT2D eigenvalue weighted by Gasteiger charge is 2.17. The molecule has 21 heavy (non-hydrogen) atoms. The first kappa shape index (κ1) is 13.9. The second kappa shape index (κ2) is 5.77. The third kappa shape index (κ3) is 3.03. The largest absolute Gasteiger partial charge is 0.457 e. The summed E-state index contributed by atoms with van der Waals surface area (Å²) in [6.07, 6.45) is 0. The number of carbonyl (C=O) groups is 1. The van der Waals surface area contributed by atoms with Gasteiger partial charge in [-0.25, -0.2) is 4.79 Å². The molecule has 0 aromatic heterocycles. The van der Waals surface area contributed by atoms with E-state index >= 15 is 0 Å². The maximum atomic E-state index is 12.0. The summed E-state index contributed by atoms with van der Waals surface area (Å²) in [5, 5.41) is 0. The summed E-state index contributed by atoms with van der Waals surface area (Å²) in [7, 11) is 0. The predicted molar refractivity (Wildman–Crippen MR) is 80.6 cm³/mol. The fourth-order valence-electron chi connectivity index (χ4n) is 2.07. The first-order valence-electron chi connectivity index (χ1n) is 6.45. The molecule has 0 amide bonds. The first-order valence-corrected chi connectivity index (χ1v) is 7.24. The number of benzene rings is 2. The van der Waals surface area contributed by atoms with Crippen LogP contribution in [0, 0.1) is 6.92 Å². The van der Waals surface area contributed by atoms with Crippen LogP contribution < -0.4 is 9.47 Å². The summed E-state index contributed by atoms with van der Waals surface area (Å²) >= 11 is 3.44. The van der Waals surface area contributed by atoms with Crippen molar-refractivity contribution in [2.75, 3.05) is 6.79 Å². The molecule has 2 aromatic rings. The number of rotatable bonds is 3. The standard InChI is InChI=1S/C16H13BrO4/c1-10-3-2-4-11(5-10)16(18)19-8-12-6-14-15(7-13(12)17)21-9-20-14/h2-7H,8-9H2,1H3. The summed E-state index contributed by atoms with van der Waals surface area (Å²) in [5.41, 5.74) is 2.40. The zero-order valence-electron chi connectivity index (χ0n) is 11.4.